The lowest BCUT2D eigenvalue weighted by atomic mass is 9.93. The molecule has 5 aliphatic rings. The molecule has 0 aromatic carbocycles. The van der Waals surface area contributed by atoms with Crippen LogP contribution in [0.5, 0.6) is 0 Å². The first-order chi connectivity index (χ1) is 33.8. The highest BCUT2D eigenvalue weighted by molar-refractivity contribution is 7.81. The SMILES string of the molecule is CC1O[C@@H](O[C@@H]2C(COS(=O)(=O)[O-])O[C@@H](C)C(N)[C@H]2O)[C@@H](OS(=O)(=O)[O-])C(O)[C@@H]1O[C@@H]1OC(COS(=O)(=O)[O-])[C@@H](O[C@@H]2OC(C)[C@@H](O[C@@H]3OC(COS(=O)(=O)[O-])[C@@H](O)[C@H](O)C3N)[C@H](O)C2O)[C@H](OS(=O)(=O)[O-])C1N. The molecule has 10 unspecified atom stereocenters. The number of aliphatic hydroxyl groups is 6. The molecule has 0 spiro atoms. The molecule has 436 valence electrons. The van der Waals surface area contributed by atoms with Crippen molar-refractivity contribution >= 4 is 52.0 Å². The van der Waals surface area contributed by atoms with E-state index in [1.54, 1.807) is 0 Å². The first-order valence-electron chi connectivity index (χ1n) is 21.1. The van der Waals surface area contributed by atoms with Gasteiger partial charge in [-0.05, 0) is 20.8 Å². The van der Waals surface area contributed by atoms with Gasteiger partial charge in [0.15, 0.2) is 31.3 Å². The highest BCUT2D eigenvalue weighted by Crippen LogP contribution is 2.37. The fraction of sp³-hybridized carbons (Fsp3) is 1.00. The maximum Gasteiger partial charge on any atom is 0.218 e. The minimum Gasteiger partial charge on any atom is -0.726 e. The highest BCUT2D eigenvalue weighted by Gasteiger charge is 2.57. The van der Waals surface area contributed by atoms with Crippen LogP contribution in [0.4, 0.5) is 0 Å². The van der Waals surface area contributed by atoms with Gasteiger partial charge in [0.2, 0.25) is 52.0 Å². The Hall–Kier alpha value is -1.37. The van der Waals surface area contributed by atoms with E-state index < -0.39 is 225 Å². The molecule has 74 heavy (non-hydrogen) atoms. The average Bonchev–Trinajstić information content (AvgIpc) is 3.25. The van der Waals surface area contributed by atoms with Crippen LogP contribution in [0.3, 0.4) is 0 Å². The summed E-state index contributed by atoms with van der Waals surface area (Å²) in [4.78, 5) is 0. The lowest BCUT2D eigenvalue weighted by Crippen LogP contribution is -2.69. The summed E-state index contributed by atoms with van der Waals surface area (Å²) < 4.78 is 246. The Labute approximate surface area is 420 Å². The molecular weight excluding hydrogens is 1130 g/mol. The molecule has 0 saturated carbocycles. The third-order valence-electron chi connectivity index (χ3n) is 11.8. The zero-order chi connectivity index (χ0) is 56.0. The Morgan fingerprint density at radius 2 is 0.770 bits per heavy atom. The van der Waals surface area contributed by atoms with E-state index in [1.807, 2.05) is 0 Å². The van der Waals surface area contributed by atoms with Crippen molar-refractivity contribution in [1.82, 2.24) is 0 Å². The number of rotatable bonds is 21. The van der Waals surface area contributed by atoms with E-state index in [0.29, 0.717) is 0 Å². The maximum absolute atomic E-state index is 12.2. The first kappa shape index (κ1) is 63.5. The molecule has 38 nitrogen and oxygen atoms in total. The van der Waals surface area contributed by atoms with Gasteiger partial charge >= 0.3 is 0 Å². The largest absolute Gasteiger partial charge is 0.726 e. The van der Waals surface area contributed by atoms with E-state index >= 15 is 0 Å². The quantitative estimate of drug-likeness (QED) is 0.0381. The molecule has 12 N–H and O–H groups in total. The van der Waals surface area contributed by atoms with E-state index in [4.69, 9.17) is 59.8 Å². The summed E-state index contributed by atoms with van der Waals surface area (Å²) >= 11 is 0. The van der Waals surface area contributed by atoms with Crippen molar-refractivity contribution in [3.8, 4) is 0 Å². The molecule has 0 amide bonds. The molecule has 0 aromatic heterocycles. The molecule has 0 bridgehead atoms. The van der Waals surface area contributed by atoms with Crippen LogP contribution >= 0.6 is 0 Å². The Kier molecular flexibility index (Phi) is 21.1. The van der Waals surface area contributed by atoms with Gasteiger partial charge in [0.25, 0.3) is 0 Å². The molecule has 5 heterocycles. The molecule has 43 heteroatoms. The highest BCUT2D eigenvalue weighted by atomic mass is 32.3. The zero-order valence-corrected chi connectivity index (χ0v) is 41.9. The van der Waals surface area contributed by atoms with Gasteiger partial charge in [0.05, 0.1) is 56.3 Å². The summed E-state index contributed by atoms with van der Waals surface area (Å²) in [5.74, 6) is 0. The normalized spacial score (nSPS) is 44.3. The van der Waals surface area contributed by atoms with Crippen LogP contribution in [0, 0.1) is 0 Å². The Balaban J connectivity index is 1.40. The van der Waals surface area contributed by atoms with Crippen LogP contribution < -0.4 is 17.2 Å². The number of nitrogens with two attached hydrogens (primary N) is 3. The molecule has 5 aliphatic heterocycles. The lowest BCUT2D eigenvalue weighted by molar-refractivity contribution is -0.372. The lowest BCUT2D eigenvalue weighted by Gasteiger charge is -2.50. The second kappa shape index (κ2) is 24.6. The molecule has 0 aromatic rings. The molecule has 0 radical (unpaired) electrons. The molecule has 5 rings (SSSR count). The van der Waals surface area contributed by atoms with Gasteiger partial charge in [0, 0.05) is 0 Å². The van der Waals surface area contributed by atoms with Gasteiger partial charge in [-0.25, -0.2) is 42.1 Å². The van der Waals surface area contributed by atoms with E-state index in [2.05, 4.69) is 20.9 Å². The van der Waals surface area contributed by atoms with Gasteiger partial charge in [-0.2, -0.15) is 0 Å². The van der Waals surface area contributed by atoms with Crippen LogP contribution in [0.15, 0.2) is 0 Å². The standard InChI is InChI=1S/C31H57N3O35S5/c1-7-13(32)18(37)24(11(59-7)5-57-71(44,45)46)66-31-27(69-74(53,54)55)21(40)23(9(3)61-31)65-29-15(34)26(68-73(50,51)52)25(12(63-29)6-58-72(47,48)49)67-30-20(39)19(38)22(8(2)60-30)64-28-14(33)17(36)16(35)10(62-28)4-56-70(41,42)43/h7-31,35-40H,4-6,32-34H2,1-3H3,(H,41,42,43)(H,44,45,46)(H,47,48,49)(H,50,51,52)(H,53,54,55)/p-5/t7-,8?,9?,10?,11?,12?,13?,14?,15?,16+,17+,18+,19+,20?,21?,22+,23+,24+,25+,26+,27-,28-,29-,30-,31-/m0/s1. The maximum atomic E-state index is 12.2. The van der Waals surface area contributed by atoms with Crippen molar-refractivity contribution in [1.29, 1.82) is 0 Å². The van der Waals surface area contributed by atoms with E-state index in [9.17, 15) is 95.5 Å². The van der Waals surface area contributed by atoms with Crippen LogP contribution in [0.25, 0.3) is 0 Å². The monoisotopic (exact) mass is 1190 g/mol. The van der Waals surface area contributed by atoms with Crippen LogP contribution in [-0.2, 0) is 116 Å². The third-order valence-corrected chi connectivity index (χ3v) is 13.9. The zero-order valence-electron chi connectivity index (χ0n) is 37.9. The van der Waals surface area contributed by atoms with Gasteiger partial charge < -0.3 is 113 Å². The minimum absolute atomic E-state index is 1.04. The van der Waals surface area contributed by atoms with Crippen LogP contribution in [0.2, 0.25) is 0 Å². The van der Waals surface area contributed by atoms with E-state index in [1.165, 1.54) is 6.92 Å². The molecule has 5 saturated heterocycles. The average molecular weight is 1190 g/mol. The van der Waals surface area contributed by atoms with Crippen molar-refractivity contribution in [3.05, 3.63) is 0 Å². The predicted octanol–water partition coefficient (Wildman–Crippen LogP) is -11.5. The smallest absolute Gasteiger partial charge is 0.218 e. The molecular formula is C31H52N3O35S5-5. The van der Waals surface area contributed by atoms with Crippen LogP contribution in [0.1, 0.15) is 20.8 Å². The summed E-state index contributed by atoms with van der Waals surface area (Å²) in [5.41, 5.74) is 18.1. The fourth-order valence-electron chi connectivity index (χ4n) is 8.19. The number of aliphatic hydroxyl groups excluding tert-OH is 6. The molecule has 25 atom stereocenters. The first-order valence-corrected chi connectivity index (χ1v) is 27.8. The number of ether oxygens (including phenoxy) is 9. The second-order valence-corrected chi connectivity index (χ2v) is 22.2. The summed E-state index contributed by atoms with van der Waals surface area (Å²) in [5, 5.41) is 65.7. The third kappa shape index (κ3) is 16.8. The van der Waals surface area contributed by atoms with Crippen molar-refractivity contribution in [2.45, 2.75) is 174 Å². The topological polar surface area (TPSA) is 615 Å². The van der Waals surface area contributed by atoms with Crippen molar-refractivity contribution in [3.63, 3.8) is 0 Å². The van der Waals surface area contributed by atoms with Crippen molar-refractivity contribution < 1.29 is 159 Å². The van der Waals surface area contributed by atoms with Crippen molar-refractivity contribution in [2.24, 2.45) is 17.2 Å². The number of hydrogen-bond donors (Lipinski definition) is 9. The Bertz CT molecular complexity index is 2450. The molecule has 5 fully saturated rings. The minimum atomic E-state index is -6.00. The van der Waals surface area contributed by atoms with Gasteiger partial charge in [-0.15, -0.1) is 0 Å². The second-order valence-electron chi connectivity index (χ2n) is 17.0. The summed E-state index contributed by atoms with van der Waals surface area (Å²) in [6, 6.07) is -5.32. The summed E-state index contributed by atoms with van der Waals surface area (Å²) in [7, 11) is -28.4. The summed E-state index contributed by atoms with van der Waals surface area (Å²) in [6.45, 7) is -0.404. The Morgan fingerprint density at radius 1 is 0.365 bits per heavy atom. The predicted molar refractivity (Wildman–Crippen MR) is 216 cm³/mol. The fourth-order valence-corrected chi connectivity index (χ4v) is 10.1. The van der Waals surface area contributed by atoms with Gasteiger partial charge in [-0.3, -0.25) is 20.9 Å². The Morgan fingerprint density at radius 3 is 1.27 bits per heavy atom. The number of hydrogen-bond acceptors (Lipinski definition) is 38. The van der Waals surface area contributed by atoms with E-state index in [0.717, 1.165) is 13.8 Å². The van der Waals surface area contributed by atoms with E-state index in [-0.39, 0.29) is 0 Å². The van der Waals surface area contributed by atoms with Crippen LogP contribution in [-0.4, -0.2) is 268 Å². The van der Waals surface area contributed by atoms with Gasteiger partial charge in [-0.1, -0.05) is 0 Å². The van der Waals surface area contributed by atoms with Crippen molar-refractivity contribution in [2.75, 3.05) is 19.8 Å². The molecule has 0 aliphatic carbocycles. The van der Waals surface area contributed by atoms with Gasteiger partial charge in [0.1, 0.15) is 85.5 Å². The summed E-state index contributed by atoms with van der Waals surface area (Å²) in [6.07, 6.45) is -45.4.